The van der Waals surface area contributed by atoms with Crippen LogP contribution in [0.25, 0.3) is 22.5 Å². The standard InChI is InChI=1S/C21H20N2O4/c1-25-17-11-9-14(12-18(17)26-2)20-16-10-8-13-6-4-5-7-15(13)19(16)22-23(20)21(24)27-3/h4-7,9,11-12H,8,10H2,1-3H3. The molecule has 0 bridgehead atoms. The smallest absolute Gasteiger partial charge is 0.435 e. The first-order chi connectivity index (χ1) is 13.2. The van der Waals surface area contributed by atoms with Crippen molar-refractivity contribution in [1.29, 1.82) is 0 Å². The number of rotatable bonds is 3. The van der Waals surface area contributed by atoms with Gasteiger partial charge in [-0.25, -0.2) is 4.79 Å². The van der Waals surface area contributed by atoms with E-state index < -0.39 is 6.09 Å². The van der Waals surface area contributed by atoms with Gasteiger partial charge in [0.15, 0.2) is 11.5 Å². The van der Waals surface area contributed by atoms with Crippen molar-refractivity contribution in [1.82, 2.24) is 9.78 Å². The fourth-order valence-electron chi connectivity index (χ4n) is 3.63. The Morgan fingerprint density at radius 3 is 2.52 bits per heavy atom. The number of fused-ring (bicyclic) bond motifs is 3. The number of ether oxygens (including phenoxy) is 3. The molecule has 6 nitrogen and oxygen atoms in total. The van der Waals surface area contributed by atoms with Gasteiger partial charge in [0.1, 0.15) is 0 Å². The van der Waals surface area contributed by atoms with Crippen LogP contribution in [0.1, 0.15) is 11.1 Å². The van der Waals surface area contributed by atoms with Crippen molar-refractivity contribution in [2.75, 3.05) is 21.3 Å². The van der Waals surface area contributed by atoms with Crippen LogP contribution in [-0.4, -0.2) is 37.2 Å². The minimum Gasteiger partial charge on any atom is -0.493 e. The average Bonchev–Trinajstić information content (AvgIpc) is 3.12. The maximum atomic E-state index is 12.4. The predicted molar refractivity (Wildman–Crippen MR) is 101 cm³/mol. The molecule has 2 aromatic carbocycles. The molecule has 6 heteroatoms. The van der Waals surface area contributed by atoms with Crippen molar-refractivity contribution in [3.63, 3.8) is 0 Å². The van der Waals surface area contributed by atoms with E-state index in [9.17, 15) is 4.79 Å². The topological polar surface area (TPSA) is 62.6 Å². The molecule has 1 heterocycles. The normalized spacial score (nSPS) is 12.1. The molecule has 0 aliphatic heterocycles. The fraction of sp³-hybridized carbons (Fsp3) is 0.238. The lowest BCUT2D eigenvalue weighted by atomic mass is 9.88. The summed E-state index contributed by atoms with van der Waals surface area (Å²) in [5.74, 6) is 1.22. The Morgan fingerprint density at radius 2 is 1.78 bits per heavy atom. The summed E-state index contributed by atoms with van der Waals surface area (Å²) in [5.41, 5.74) is 5.71. The fourth-order valence-corrected chi connectivity index (χ4v) is 3.63. The van der Waals surface area contributed by atoms with E-state index in [2.05, 4.69) is 11.2 Å². The van der Waals surface area contributed by atoms with E-state index >= 15 is 0 Å². The summed E-state index contributed by atoms with van der Waals surface area (Å²) in [6.07, 6.45) is 1.18. The number of carbonyl (C=O) groups excluding carboxylic acids is 1. The molecule has 138 valence electrons. The maximum Gasteiger partial charge on any atom is 0.435 e. The van der Waals surface area contributed by atoms with Gasteiger partial charge in [-0.1, -0.05) is 24.3 Å². The van der Waals surface area contributed by atoms with Crippen LogP contribution in [-0.2, 0) is 17.6 Å². The molecule has 0 atom stereocenters. The van der Waals surface area contributed by atoms with E-state index in [-0.39, 0.29) is 0 Å². The van der Waals surface area contributed by atoms with E-state index in [0.29, 0.717) is 11.5 Å². The van der Waals surface area contributed by atoms with E-state index in [0.717, 1.165) is 40.9 Å². The van der Waals surface area contributed by atoms with Crippen LogP contribution < -0.4 is 9.47 Å². The number of benzene rings is 2. The quantitative estimate of drug-likeness (QED) is 0.704. The zero-order valence-corrected chi connectivity index (χ0v) is 15.5. The second kappa shape index (κ2) is 6.79. The van der Waals surface area contributed by atoms with Crippen LogP contribution in [0.3, 0.4) is 0 Å². The highest BCUT2D eigenvalue weighted by Crippen LogP contribution is 2.40. The molecule has 27 heavy (non-hydrogen) atoms. The minimum absolute atomic E-state index is 0.522. The second-order valence-electron chi connectivity index (χ2n) is 6.28. The highest BCUT2D eigenvalue weighted by Gasteiger charge is 2.28. The van der Waals surface area contributed by atoms with E-state index in [1.165, 1.54) is 17.4 Å². The first-order valence-electron chi connectivity index (χ1n) is 8.68. The summed E-state index contributed by atoms with van der Waals surface area (Å²) in [7, 11) is 4.54. The van der Waals surface area contributed by atoms with Gasteiger partial charge in [0.2, 0.25) is 0 Å². The van der Waals surface area contributed by atoms with Crippen molar-refractivity contribution in [2.24, 2.45) is 0 Å². The number of aromatic nitrogens is 2. The number of hydrogen-bond donors (Lipinski definition) is 0. The van der Waals surface area contributed by atoms with Gasteiger partial charge in [-0.3, -0.25) is 0 Å². The first kappa shape index (κ1) is 17.1. The molecule has 0 saturated heterocycles. The summed E-state index contributed by atoms with van der Waals surface area (Å²) >= 11 is 0. The largest absolute Gasteiger partial charge is 0.493 e. The molecule has 3 aromatic rings. The van der Waals surface area contributed by atoms with Crippen molar-refractivity contribution < 1.29 is 19.0 Å². The Labute approximate surface area is 157 Å². The van der Waals surface area contributed by atoms with Gasteiger partial charge in [0.05, 0.1) is 32.7 Å². The van der Waals surface area contributed by atoms with E-state index in [4.69, 9.17) is 14.2 Å². The summed E-state index contributed by atoms with van der Waals surface area (Å²) in [4.78, 5) is 12.4. The molecule has 4 rings (SSSR count). The van der Waals surface area contributed by atoms with E-state index in [1.54, 1.807) is 14.2 Å². The second-order valence-corrected chi connectivity index (χ2v) is 6.28. The van der Waals surface area contributed by atoms with Gasteiger partial charge < -0.3 is 14.2 Å². The van der Waals surface area contributed by atoms with Gasteiger partial charge >= 0.3 is 6.09 Å². The number of methoxy groups -OCH3 is 3. The molecule has 1 aromatic heterocycles. The SMILES string of the molecule is COC(=O)n1nc2c(c1-c1ccc(OC)c(OC)c1)CCc1ccccc1-2. The van der Waals surface area contributed by atoms with Crippen LogP contribution in [0.4, 0.5) is 4.79 Å². The molecule has 0 amide bonds. The Bertz CT molecular complexity index is 1020. The molecule has 1 aliphatic rings. The molecule has 0 N–H and O–H groups in total. The van der Waals surface area contributed by atoms with Crippen LogP contribution >= 0.6 is 0 Å². The predicted octanol–water partition coefficient (Wildman–Crippen LogP) is 3.95. The number of carbonyl (C=O) groups is 1. The summed E-state index contributed by atoms with van der Waals surface area (Å²) in [5, 5.41) is 4.61. The number of nitrogens with zero attached hydrogens (tertiary/aromatic N) is 2. The van der Waals surface area contributed by atoms with Crippen LogP contribution in [0, 0.1) is 0 Å². The zero-order chi connectivity index (χ0) is 19.0. The minimum atomic E-state index is -0.522. The van der Waals surface area contributed by atoms with Crippen LogP contribution in [0.5, 0.6) is 11.5 Å². The first-order valence-corrected chi connectivity index (χ1v) is 8.68. The third-order valence-corrected chi connectivity index (χ3v) is 4.90. The molecule has 1 aliphatic carbocycles. The summed E-state index contributed by atoms with van der Waals surface area (Å²) in [6.45, 7) is 0. The van der Waals surface area contributed by atoms with Gasteiger partial charge in [0.25, 0.3) is 0 Å². The molecular weight excluding hydrogens is 344 g/mol. The van der Waals surface area contributed by atoms with Crippen molar-refractivity contribution >= 4 is 6.09 Å². The number of aryl methyl sites for hydroxylation is 1. The Morgan fingerprint density at radius 1 is 1.00 bits per heavy atom. The van der Waals surface area contributed by atoms with Crippen molar-refractivity contribution in [3.8, 4) is 34.0 Å². The van der Waals surface area contributed by atoms with Gasteiger partial charge in [-0.05, 0) is 36.6 Å². The highest BCUT2D eigenvalue weighted by atomic mass is 16.5. The molecule has 0 radical (unpaired) electrons. The Balaban J connectivity index is 1.96. The Hall–Kier alpha value is -3.28. The number of hydrogen-bond acceptors (Lipinski definition) is 5. The van der Waals surface area contributed by atoms with Crippen LogP contribution in [0.2, 0.25) is 0 Å². The van der Waals surface area contributed by atoms with Crippen molar-refractivity contribution in [3.05, 3.63) is 53.6 Å². The van der Waals surface area contributed by atoms with Gasteiger partial charge in [-0.2, -0.15) is 9.78 Å². The monoisotopic (exact) mass is 364 g/mol. The molecule has 0 saturated carbocycles. The highest BCUT2D eigenvalue weighted by molar-refractivity contribution is 5.85. The summed E-state index contributed by atoms with van der Waals surface area (Å²) in [6, 6.07) is 13.7. The third-order valence-electron chi connectivity index (χ3n) is 4.90. The lowest BCUT2D eigenvalue weighted by molar-refractivity contribution is 0.169. The zero-order valence-electron chi connectivity index (χ0n) is 15.5. The summed E-state index contributed by atoms with van der Waals surface area (Å²) < 4.78 is 17.1. The molecule has 0 fully saturated rings. The van der Waals surface area contributed by atoms with Crippen molar-refractivity contribution in [2.45, 2.75) is 12.8 Å². The lowest BCUT2D eigenvalue weighted by Crippen LogP contribution is -2.14. The Kier molecular flexibility index (Phi) is 4.32. The molecule has 0 spiro atoms. The van der Waals surface area contributed by atoms with Crippen LogP contribution in [0.15, 0.2) is 42.5 Å². The maximum absolute atomic E-state index is 12.4. The molecule has 0 unspecified atom stereocenters. The van der Waals surface area contributed by atoms with Gasteiger partial charge in [0, 0.05) is 16.7 Å². The van der Waals surface area contributed by atoms with Gasteiger partial charge in [-0.15, -0.1) is 0 Å². The molecular formula is C21H20N2O4. The average molecular weight is 364 g/mol. The third kappa shape index (κ3) is 2.73. The lowest BCUT2D eigenvalue weighted by Gasteiger charge is -2.16. The van der Waals surface area contributed by atoms with E-state index in [1.807, 2.05) is 36.4 Å².